The average molecular weight is 339 g/mol. The van der Waals surface area contributed by atoms with Gasteiger partial charge in [0.15, 0.2) is 5.84 Å². The van der Waals surface area contributed by atoms with Crippen LogP contribution in [-0.4, -0.2) is 44.8 Å². The van der Waals surface area contributed by atoms with Gasteiger partial charge in [0.05, 0.1) is 19.9 Å². The molecule has 0 bridgehead atoms. The number of ether oxygens (including phenoxy) is 3. The minimum absolute atomic E-state index is 0.131. The first-order chi connectivity index (χ1) is 11.2. The lowest BCUT2D eigenvalue weighted by molar-refractivity contribution is -0.126. The van der Waals surface area contributed by atoms with Gasteiger partial charge in [0, 0.05) is 13.2 Å². The van der Waals surface area contributed by atoms with E-state index in [-0.39, 0.29) is 5.84 Å². The third-order valence-corrected chi connectivity index (χ3v) is 3.47. The van der Waals surface area contributed by atoms with Crippen LogP contribution in [0.4, 0.5) is 5.69 Å². The van der Waals surface area contributed by atoms with Crippen LogP contribution in [0.25, 0.3) is 0 Å². The fourth-order valence-electron chi connectivity index (χ4n) is 1.53. The number of carbonyl (C=O) groups excluding carboxylic acids is 1. The molecule has 1 aromatic rings. The summed E-state index contributed by atoms with van der Waals surface area (Å²) in [6.07, 6.45) is -0.858. The third kappa shape index (κ3) is 5.02. The smallest absolute Gasteiger partial charge is 0.268 e. The molecule has 1 aromatic carbocycles. The Bertz CT molecular complexity index is 601. The Morgan fingerprint density at radius 1 is 1.25 bits per heavy atom. The van der Waals surface area contributed by atoms with Gasteiger partial charge in [-0.15, -0.1) is 0 Å². The zero-order valence-electron chi connectivity index (χ0n) is 14.9. The molecular weight excluding hydrogens is 314 g/mol. The highest BCUT2D eigenvalue weighted by molar-refractivity contribution is 5.95. The molecule has 0 aliphatic heterocycles. The first-order valence-corrected chi connectivity index (χ1v) is 7.33. The van der Waals surface area contributed by atoms with Crippen LogP contribution in [0.1, 0.15) is 20.8 Å². The number of nitrogens with zero attached hydrogens (tertiary/aromatic N) is 1. The summed E-state index contributed by atoms with van der Waals surface area (Å²) in [4.78, 5) is 17.4. The number of oxime groups is 1. The number of nitrogens with one attached hydrogen (secondary N) is 1. The summed E-state index contributed by atoms with van der Waals surface area (Å²) in [6.45, 7) is 5.03. The molecular formula is C16H25N3O5. The predicted octanol–water partition coefficient (Wildman–Crippen LogP) is 1.74. The van der Waals surface area contributed by atoms with Crippen LogP contribution in [0, 0.1) is 0 Å². The highest BCUT2D eigenvalue weighted by Gasteiger charge is 2.24. The number of rotatable bonds is 8. The van der Waals surface area contributed by atoms with E-state index >= 15 is 0 Å². The number of amidine groups is 1. The fourth-order valence-corrected chi connectivity index (χ4v) is 1.53. The van der Waals surface area contributed by atoms with E-state index in [1.54, 1.807) is 46.1 Å². The van der Waals surface area contributed by atoms with Crippen molar-refractivity contribution in [2.24, 2.45) is 10.9 Å². The number of benzene rings is 1. The normalized spacial score (nSPS) is 13.2. The van der Waals surface area contributed by atoms with Gasteiger partial charge < -0.3 is 30.1 Å². The molecule has 0 fully saturated rings. The van der Waals surface area contributed by atoms with E-state index in [4.69, 9.17) is 24.8 Å². The topological polar surface area (TPSA) is 104 Å². The van der Waals surface area contributed by atoms with Gasteiger partial charge in [-0.2, -0.15) is 0 Å². The average Bonchev–Trinajstić information content (AvgIpc) is 2.59. The summed E-state index contributed by atoms with van der Waals surface area (Å²) in [7, 11) is 4.56. The molecule has 0 aliphatic carbocycles. The van der Waals surface area contributed by atoms with Crippen molar-refractivity contribution in [1.29, 1.82) is 0 Å². The minimum Gasteiger partial charge on any atom is -0.497 e. The fraction of sp³-hybridized carbons (Fsp3) is 0.500. The van der Waals surface area contributed by atoms with Gasteiger partial charge in [-0.1, -0.05) is 5.16 Å². The largest absolute Gasteiger partial charge is 0.497 e. The molecule has 0 saturated heterocycles. The maximum absolute atomic E-state index is 12.2. The van der Waals surface area contributed by atoms with E-state index in [9.17, 15) is 4.79 Å². The number of nitrogens with two attached hydrogens (primary N) is 1. The van der Waals surface area contributed by atoms with E-state index in [1.807, 2.05) is 0 Å². The van der Waals surface area contributed by atoms with Gasteiger partial charge >= 0.3 is 0 Å². The van der Waals surface area contributed by atoms with Crippen molar-refractivity contribution in [3.8, 4) is 11.5 Å². The molecule has 0 spiro atoms. The molecule has 3 N–H and O–H groups in total. The number of anilines is 1. The van der Waals surface area contributed by atoms with Gasteiger partial charge in [0.25, 0.3) is 5.91 Å². The number of hydrogen-bond donors (Lipinski definition) is 2. The Morgan fingerprint density at radius 2 is 1.92 bits per heavy atom. The second-order valence-electron chi connectivity index (χ2n) is 5.49. The number of methoxy groups -OCH3 is 3. The van der Waals surface area contributed by atoms with Crippen LogP contribution in [0.15, 0.2) is 23.4 Å². The molecule has 8 heteroatoms. The van der Waals surface area contributed by atoms with E-state index in [2.05, 4.69) is 10.5 Å². The Balaban J connectivity index is 2.76. The summed E-state index contributed by atoms with van der Waals surface area (Å²) in [5.74, 6) is 0.823. The third-order valence-electron chi connectivity index (χ3n) is 3.47. The highest BCUT2D eigenvalue weighted by atomic mass is 16.6. The molecule has 1 rings (SSSR count). The van der Waals surface area contributed by atoms with Gasteiger partial charge in [-0.3, -0.25) is 4.79 Å². The van der Waals surface area contributed by atoms with Gasteiger partial charge in [-0.25, -0.2) is 0 Å². The van der Waals surface area contributed by atoms with Gasteiger partial charge in [-0.05, 0) is 32.9 Å². The summed E-state index contributed by atoms with van der Waals surface area (Å²) >= 11 is 0. The van der Waals surface area contributed by atoms with Crippen molar-refractivity contribution in [3.63, 3.8) is 0 Å². The van der Waals surface area contributed by atoms with Crippen LogP contribution in [0.5, 0.6) is 11.5 Å². The Kier molecular flexibility index (Phi) is 6.84. The standard InChI is InChI=1S/C16H25N3O5/c1-10(24-19-15(17)16(2,3)23-6)14(20)18-12-8-7-11(21-4)9-13(12)22-5/h7-10H,1-6H3,(H2,17,19)(H,18,20)/t10-/m0/s1. The zero-order valence-corrected chi connectivity index (χ0v) is 14.9. The molecule has 0 aromatic heterocycles. The predicted molar refractivity (Wildman–Crippen MR) is 91.4 cm³/mol. The summed E-state index contributed by atoms with van der Waals surface area (Å²) in [5.41, 5.74) is 5.49. The van der Waals surface area contributed by atoms with E-state index in [0.717, 1.165) is 0 Å². The molecule has 0 unspecified atom stereocenters. The van der Waals surface area contributed by atoms with Crippen molar-refractivity contribution in [3.05, 3.63) is 18.2 Å². The second-order valence-corrected chi connectivity index (χ2v) is 5.49. The van der Waals surface area contributed by atoms with Crippen LogP contribution < -0.4 is 20.5 Å². The van der Waals surface area contributed by atoms with Crippen molar-refractivity contribution >= 4 is 17.4 Å². The summed E-state index contributed by atoms with van der Waals surface area (Å²) in [5, 5.41) is 6.46. The van der Waals surface area contributed by atoms with Crippen molar-refractivity contribution < 1.29 is 23.8 Å². The molecule has 1 atom stereocenters. The van der Waals surface area contributed by atoms with E-state index in [0.29, 0.717) is 17.2 Å². The van der Waals surface area contributed by atoms with Crippen LogP contribution in [-0.2, 0) is 14.4 Å². The highest BCUT2D eigenvalue weighted by Crippen LogP contribution is 2.29. The quantitative estimate of drug-likeness (QED) is 0.425. The van der Waals surface area contributed by atoms with Gasteiger partial charge in [0.1, 0.15) is 17.1 Å². The Morgan fingerprint density at radius 3 is 2.46 bits per heavy atom. The molecule has 8 nitrogen and oxygen atoms in total. The lowest BCUT2D eigenvalue weighted by atomic mass is 10.1. The van der Waals surface area contributed by atoms with Crippen molar-refractivity contribution in [2.45, 2.75) is 32.5 Å². The molecule has 0 aliphatic rings. The van der Waals surface area contributed by atoms with Crippen LogP contribution >= 0.6 is 0 Å². The second kappa shape index (κ2) is 8.39. The number of amides is 1. The number of carbonyl (C=O) groups is 1. The zero-order chi connectivity index (χ0) is 18.3. The van der Waals surface area contributed by atoms with E-state index in [1.165, 1.54) is 14.2 Å². The first kappa shape index (κ1) is 19.6. The molecule has 134 valence electrons. The molecule has 1 amide bonds. The number of hydrogen-bond acceptors (Lipinski definition) is 6. The maximum Gasteiger partial charge on any atom is 0.268 e. The SMILES string of the molecule is COc1ccc(NC(=O)[C@H](C)O/N=C(\N)C(C)(C)OC)c(OC)c1. The first-order valence-electron chi connectivity index (χ1n) is 7.33. The van der Waals surface area contributed by atoms with Crippen molar-refractivity contribution in [2.75, 3.05) is 26.6 Å². The van der Waals surface area contributed by atoms with Gasteiger partial charge in [0.2, 0.25) is 6.10 Å². The monoisotopic (exact) mass is 339 g/mol. The van der Waals surface area contributed by atoms with Crippen molar-refractivity contribution in [1.82, 2.24) is 0 Å². The lowest BCUT2D eigenvalue weighted by Gasteiger charge is -2.21. The molecule has 0 saturated carbocycles. The maximum atomic E-state index is 12.2. The van der Waals surface area contributed by atoms with E-state index < -0.39 is 17.6 Å². The molecule has 0 heterocycles. The van der Waals surface area contributed by atoms with Crippen LogP contribution in [0.3, 0.4) is 0 Å². The molecule has 0 radical (unpaired) electrons. The lowest BCUT2D eigenvalue weighted by Crippen LogP contribution is -2.40. The summed E-state index contributed by atoms with van der Waals surface area (Å²) < 4.78 is 15.5. The molecule has 24 heavy (non-hydrogen) atoms. The summed E-state index contributed by atoms with van der Waals surface area (Å²) in [6, 6.07) is 5.05. The Hall–Kier alpha value is -2.48. The van der Waals surface area contributed by atoms with Crippen LogP contribution in [0.2, 0.25) is 0 Å². The Labute approximate surface area is 141 Å². The minimum atomic E-state index is -0.858.